The summed E-state index contributed by atoms with van der Waals surface area (Å²) >= 11 is 0. The molecule has 30 heavy (non-hydrogen) atoms. The molecule has 1 fully saturated rings. The van der Waals surface area contributed by atoms with Gasteiger partial charge in [0, 0.05) is 44.5 Å². The second-order valence-electron chi connectivity index (χ2n) is 6.83. The van der Waals surface area contributed by atoms with Gasteiger partial charge in [0.15, 0.2) is 23.0 Å². The standard InChI is InChI=1S/C21H26N2O5.2ClH/c1-24-19-10-15(11-20(25-2)21(19)26-3)13-22-6-8-23(9-7-22)16-4-5-17-18(12-16)28-14-27-17;;/h4-5,10-12H,6-9,13-14H2,1-3H3;2*1H. The molecule has 0 N–H and O–H groups in total. The molecule has 9 heteroatoms. The van der Waals surface area contributed by atoms with Gasteiger partial charge in [-0.3, -0.25) is 4.90 Å². The highest BCUT2D eigenvalue weighted by Crippen LogP contribution is 2.39. The minimum atomic E-state index is 0. The second-order valence-corrected chi connectivity index (χ2v) is 6.83. The Morgan fingerprint density at radius 1 is 0.800 bits per heavy atom. The minimum absolute atomic E-state index is 0. The average molecular weight is 459 g/mol. The summed E-state index contributed by atoms with van der Waals surface area (Å²) < 4.78 is 27.2. The van der Waals surface area contributed by atoms with Crippen molar-refractivity contribution in [1.29, 1.82) is 0 Å². The Morgan fingerprint density at radius 3 is 2.03 bits per heavy atom. The van der Waals surface area contributed by atoms with E-state index in [2.05, 4.69) is 21.9 Å². The topological polar surface area (TPSA) is 52.6 Å². The highest BCUT2D eigenvalue weighted by atomic mass is 35.5. The molecule has 2 aromatic carbocycles. The summed E-state index contributed by atoms with van der Waals surface area (Å²) in [6, 6.07) is 10.2. The number of methoxy groups -OCH3 is 3. The van der Waals surface area contributed by atoms with E-state index in [1.165, 1.54) is 5.69 Å². The number of halogens is 2. The zero-order chi connectivity index (χ0) is 19.5. The van der Waals surface area contributed by atoms with Gasteiger partial charge in [-0.2, -0.15) is 0 Å². The van der Waals surface area contributed by atoms with Crippen molar-refractivity contribution >= 4 is 30.5 Å². The Kier molecular flexibility index (Phi) is 8.58. The third-order valence-corrected chi connectivity index (χ3v) is 5.22. The van der Waals surface area contributed by atoms with Crippen molar-refractivity contribution in [2.75, 3.05) is 59.2 Å². The first kappa shape index (κ1) is 24.1. The minimum Gasteiger partial charge on any atom is -0.493 e. The molecule has 4 rings (SSSR count). The Hall–Kier alpha value is -2.22. The molecular weight excluding hydrogens is 431 g/mol. The third kappa shape index (κ3) is 4.91. The highest BCUT2D eigenvalue weighted by Gasteiger charge is 2.21. The van der Waals surface area contributed by atoms with Crippen molar-refractivity contribution in [3.8, 4) is 28.7 Å². The van der Waals surface area contributed by atoms with E-state index in [9.17, 15) is 0 Å². The number of piperazine rings is 1. The molecule has 2 aromatic rings. The number of rotatable bonds is 6. The Balaban J connectivity index is 0.00000160. The molecule has 7 nitrogen and oxygen atoms in total. The highest BCUT2D eigenvalue weighted by molar-refractivity contribution is 5.85. The predicted octanol–water partition coefficient (Wildman–Crippen LogP) is 3.61. The van der Waals surface area contributed by atoms with E-state index in [0.717, 1.165) is 49.8 Å². The van der Waals surface area contributed by atoms with Crippen molar-refractivity contribution in [1.82, 2.24) is 4.90 Å². The van der Waals surface area contributed by atoms with Crippen molar-refractivity contribution in [2.45, 2.75) is 6.54 Å². The molecule has 0 atom stereocenters. The van der Waals surface area contributed by atoms with E-state index in [1.54, 1.807) is 21.3 Å². The summed E-state index contributed by atoms with van der Waals surface area (Å²) in [5, 5.41) is 0. The van der Waals surface area contributed by atoms with Crippen molar-refractivity contribution < 1.29 is 23.7 Å². The van der Waals surface area contributed by atoms with Gasteiger partial charge in [-0.1, -0.05) is 0 Å². The van der Waals surface area contributed by atoms with E-state index < -0.39 is 0 Å². The van der Waals surface area contributed by atoms with Crippen LogP contribution in [0.15, 0.2) is 30.3 Å². The van der Waals surface area contributed by atoms with Gasteiger partial charge in [0.1, 0.15) is 0 Å². The smallest absolute Gasteiger partial charge is 0.231 e. The fourth-order valence-corrected chi connectivity index (χ4v) is 3.73. The maximum Gasteiger partial charge on any atom is 0.231 e. The number of ether oxygens (including phenoxy) is 5. The first-order chi connectivity index (χ1) is 13.7. The molecule has 0 saturated carbocycles. The normalized spacial score (nSPS) is 15.1. The summed E-state index contributed by atoms with van der Waals surface area (Å²) in [4.78, 5) is 4.82. The quantitative estimate of drug-likeness (QED) is 0.654. The van der Waals surface area contributed by atoms with E-state index in [1.807, 2.05) is 18.2 Å². The molecule has 0 aromatic heterocycles. The molecule has 0 spiro atoms. The molecule has 2 heterocycles. The van der Waals surface area contributed by atoms with Gasteiger partial charge < -0.3 is 28.6 Å². The molecule has 0 bridgehead atoms. The molecule has 166 valence electrons. The fraction of sp³-hybridized carbons (Fsp3) is 0.429. The zero-order valence-electron chi connectivity index (χ0n) is 17.4. The van der Waals surface area contributed by atoms with E-state index in [0.29, 0.717) is 24.0 Å². The van der Waals surface area contributed by atoms with Gasteiger partial charge in [-0.05, 0) is 29.8 Å². The molecule has 2 aliphatic rings. The van der Waals surface area contributed by atoms with Crippen LogP contribution >= 0.6 is 24.8 Å². The Bertz CT molecular complexity index is 819. The first-order valence-corrected chi connectivity index (χ1v) is 9.37. The lowest BCUT2D eigenvalue weighted by molar-refractivity contribution is 0.174. The number of hydrogen-bond acceptors (Lipinski definition) is 7. The van der Waals surface area contributed by atoms with Crippen LogP contribution in [0.5, 0.6) is 28.7 Å². The lowest BCUT2D eigenvalue weighted by Crippen LogP contribution is -2.45. The Labute approximate surface area is 189 Å². The van der Waals surface area contributed by atoms with E-state index >= 15 is 0 Å². The summed E-state index contributed by atoms with van der Waals surface area (Å²) in [6.07, 6.45) is 0. The maximum absolute atomic E-state index is 5.50. The van der Waals surface area contributed by atoms with E-state index in [-0.39, 0.29) is 24.8 Å². The SMILES string of the molecule is COc1cc(CN2CCN(c3ccc4c(c3)OCO4)CC2)cc(OC)c1OC.Cl.Cl. The summed E-state index contributed by atoms with van der Waals surface area (Å²) in [7, 11) is 4.91. The van der Waals surface area contributed by atoms with Crippen LogP contribution in [-0.4, -0.2) is 59.2 Å². The number of fused-ring (bicyclic) bond motifs is 1. The van der Waals surface area contributed by atoms with Gasteiger partial charge in [-0.25, -0.2) is 0 Å². The van der Waals surface area contributed by atoms with Crippen molar-refractivity contribution in [3.63, 3.8) is 0 Å². The lowest BCUT2D eigenvalue weighted by Gasteiger charge is -2.36. The van der Waals surface area contributed by atoms with Gasteiger partial charge in [0.2, 0.25) is 12.5 Å². The Morgan fingerprint density at radius 2 is 1.43 bits per heavy atom. The van der Waals surface area contributed by atoms with Gasteiger partial charge >= 0.3 is 0 Å². The van der Waals surface area contributed by atoms with Gasteiger partial charge in [0.05, 0.1) is 21.3 Å². The molecule has 0 aliphatic carbocycles. The van der Waals surface area contributed by atoms with Gasteiger partial charge in [0.25, 0.3) is 0 Å². The van der Waals surface area contributed by atoms with E-state index in [4.69, 9.17) is 23.7 Å². The summed E-state index contributed by atoms with van der Waals surface area (Å²) in [6.45, 7) is 5.03. The van der Waals surface area contributed by atoms with Crippen molar-refractivity contribution in [2.24, 2.45) is 0 Å². The number of nitrogens with zero attached hydrogens (tertiary/aromatic N) is 2. The van der Waals surface area contributed by atoms with Crippen LogP contribution in [0.25, 0.3) is 0 Å². The number of hydrogen-bond donors (Lipinski definition) is 0. The zero-order valence-corrected chi connectivity index (χ0v) is 19.0. The van der Waals surface area contributed by atoms with Crippen LogP contribution in [0.2, 0.25) is 0 Å². The maximum atomic E-state index is 5.50. The molecule has 0 amide bonds. The van der Waals surface area contributed by atoms with Crippen molar-refractivity contribution in [3.05, 3.63) is 35.9 Å². The second kappa shape index (κ2) is 10.7. The van der Waals surface area contributed by atoms with Crippen LogP contribution in [-0.2, 0) is 6.54 Å². The molecule has 1 saturated heterocycles. The summed E-state index contributed by atoms with van der Waals surface area (Å²) in [5.74, 6) is 3.66. The number of anilines is 1. The number of benzene rings is 2. The van der Waals surface area contributed by atoms with Crippen LogP contribution in [0, 0.1) is 0 Å². The summed E-state index contributed by atoms with van der Waals surface area (Å²) in [5.41, 5.74) is 2.32. The van der Waals surface area contributed by atoms with Crippen LogP contribution in [0.4, 0.5) is 5.69 Å². The third-order valence-electron chi connectivity index (χ3n) is 5.22. The van der Waals surface area contributed by atoms with Gasteiger partial charge in [-0.15, -0.1) is 24.8 Å². The van der Waals surface area contributed by atoms with Crippen LogP contribution < -0.4 is 28.6 Å². The molecule has 0 unspecified atom stereocenters. The predicted molar refractivity (Wildman–Crippen MR) is 121 cm³/mol. The molecule has 0 radical (unpaired) electrons. The first-order valence-electron chi connectivity index (χ1n) is 9.37. The fourth-order valence-electron chi connectivity index (χ4n) is 3.73. The van der Waals surface area contributed by atoms with Crippen LogP contribution in [0.1, 0.15) is 5.56 Å². The molecule has 2 aliphatic heterocycles. The largest absolute Gasteiger partial charge is 0.493 e. The monoisotopic (exact) mass is 458 g/mol. The molecular formula is C21H28Cl2N2O5. The lowest BCUT2D eigenvalue weighted by atomic mass is 10.1. The van der Waals surface area contributed by atoms with Crippen LogP contribution in [0.3, 0.4) is 0 Å². The average Bonchev–Trinajstić information content (AvgIpc) is 3.21.